The summed E-state index contributed by atoms with van der Waals surface area (Å²) in [6, 6.07) is 8.18. The first-order valence-corrected chi connectivity index (χ1v) is 8.61. The van der Waals surface area contributed by atoms with Crippen LogP contribution in [0.15, 0.2) is 30.3 Å². The van der Waals surface area contributed by atoms with E-state index in [2.05, 4.69) is 33.0 Å². The molecule has 0 aromatic heterocycles. The molecule has 0 saturated heterocycles. The third-order valence-corrected chi connectivity index (χ3v) is 4.30. The highest BCUT2D eigenvalue weighted by molar-refractivity contribution is 5.92. The van der Waals surface area contributed by atoms with Crippen LogP contribution in [0.5, 0.6) is 5.75 Å². The van der Waals surface area contributed by atoms with Crippen molar-refractivity contribution in [2.75, 3.05) is 6.61 Å². The van der Waals surface area contributed by atoms with Crippen LogP contribution >= 0.6 is 0 Å². The number of benzene rings is 1. The Morgan fingerprint density at radius 3 is 2.57 bits per heavy atom. The smallest absolute Gasteiger partial charge is 0.244 e. The molecule has 1 N–H and O–H groups in total. The molecule has 0 bridgehead atoms. The molecule has 1 amide bonds. The lowest BCUT2D eigenvalue weighted by Gasteiger charge is -2.17. The minimum Gasteiger partial charge on any atom is -0.494 e. The van der Waals surface area contributed by atoms with Gasteiger partial charge in [-0.1, -0.05) is 46.2 Å². The van der Waals surface area contributed by atoms with Crippen LogP contribution < -0.4 is 10.1 Å². The second-order valence-electron chi connectivity index (χ2n) is 7.43. The Morgan fingerprint density at radius 2 is 2.00 bits per heavy atom. The Labute approximate surface area is 140 Å². The second kappa shape index (κ2) is 7.67. The van der Waals surface area contributed by atoms with Crippen LogP contribution in [0, 0.1) is 11.3 Å². The molecule has 1 aliphatic rings. The lowest BCUT2D eigenvalue weighted by molar-refractivity contribution is -0.116. The van der Waals surface area contributed by atoms with Crippen LogP contribution in [0.1, 0.15) is 52.5 Å². The number of carbonyl (C=O) groups excluding carboxylic acids is 1. The maximum absolute atomic E-state index is 12.0. The Kier molecular flexibility index (Phi) is 5.86. The van der Waals surface area contributed by atoms with Crippen LogP contribution in [0.4, 0.5) is 0 Å². The Hall–Kier alpha value is -1.77. The molecule has 0 heterocycles. The van der Waals surface area contributed by atoms with E-state index in [1.54, 1.807) is 6.08 Å². The van der Waals surface area contributed by atoms with Crippen molar-refractivity contribution < 1.29 is 9.53 Å². The van der Waals surface area contributed by atoms with Crippen LogP contribution in [0.25, 0.3) is 6.08 Å². The molecule has 1 saturated carbocycles. The van der Waals surface area contributed by atoms with Gasteiger partial charge in [-0.15, -0.1) is 0 Å². The topological polar surface area (TPSA) is 38.3 Å². The maximum atomic E-state index is 12.0. The predicted octanol–water partition coefficient (Wildman–Crippen LogP) is 4.43. The van der Waals surface area contributed by atoms with Crippen molar-refractivity contribution in [2.24, 2.45) is 11.3 Å². The van der Waals surface area contributed by atoms with Gasteiger partial charge in [-0.05, 0) is 47.9 Å². The Bertz CT molecular complexity index is 540. The molecule has 1 aliphatic carbocycles. The summed E-state index contributed by atoms with van der Waals surface area (Å²) in [5, 5.41) is 3.08. The first-order valence-electron chi connectivity index (χ1n) is 8.61. The normalized spacial score (nSPS) is 20.5. The molecule has 0 unspecified atom stereocenters. The summed E-state index contributed by atoms with van der Waals surface area (Å²) in [5.74, 6) is 1.47. The number of unbranched alkanes of at least 4 members (excludes halogenated alkanes) is 1. The van der Waals surface area contributed by atoms with E-state index in [1.165, 1.54) is 0 Å². The SMILES string of the molecule is CCCCOc1ccc(C=CC(=O)N[C@@H]2C[C@@H]2C(C)(C)C)cc1. The summed E-state index contributed by atoms with van der Waals surface area (Å²) in [7, 11) is 0. The van der Waals surface area contributed by atoms with Gasteiger partial charge in [0.25, 0.3) is 0 Å². The molecule has 0 radical (unpaired) electrons. The number of nitrogens with one attached hydrogen (secondary N) is 1. The van der Waals surface area contributed by atoms with Crippen LogP contribution in [-0.2, 0) is 4.79 Å². The van der Waals surface area contributed by atoms with Gasteiger partial charge in [0.05, 0.1) is 6.61 Å². The summed E-state index contributed by atoms with van der Waals surface area (Å²) in [4.78, 5) is 12.0. The van der Waals surface area contributed by atoms with Gasteiger partial charge in [-0.2, -0.15) is 0 Å². The number of rotatable bonds is 7. The zero-order valence-corrected chi connectivity index (χ0v) is 14.8. The number of ether oxygens (including phenoxy) is 1. The monoisotopic (exact) mass is 315 g/mol. The van der Waals surface area contributed by atoms with Gasteiger partial charge in [-0.25, -0.2) is 0 Å². The molecule has 0 spiro atoms. The zero-order valence-electron chi connectivity index (χ0n) is 14.8. The molecular weight excluding hydrogens is 286 g/mol. The third-order valence-electron chi connectivity index (χ3n) is 4.30. The highest BCUT2D eigenvalue weighted by Gasteiger charge is 2.45. The fourth-order valence-corrected chi connectivity index (χ4v) is 2.72. The van der Waals surface area contributed by atoms with Crippen molar-refractivity contribution in [3.8, 4) is 5.75 Å². The van der Waals surface area contributed by atoms with Gasteiger partial charge in [0.2, 0.25) is 5.91 Å². The van der Waals surface area contributed by atoms with Gasteiger partial charge >= 0.3 is 0 Å². The quantitative estimate of drug-likeness (QED) is 0.597. The summed E-state index contributed by atoms with van der Waals surface area (Å²) in [6.45, 7) is 9.58. The van der Waals surface area contributed by atoms with E-state index >= 15 is 0 Å². The van der Waals surface area contributed by atoms with E-state index in [4.69, 9.17) is 4.74 Å². The zero-order chi connectivity index (χ0) is 16.9. The molecule has 3 heteroatoms. The molecule has 2 rings (SSSR count). The number of hydrogen-bond donors (Lipinski definition) is 1. The summed E-state index contributed by atoms with van der Waals surface area (Å²) in [6.07, 6.45) is 6.75. The second-order valence-corrected chi connectivity index (χ2v) is 7.43. The van der Waals surface area contributed by atoms with Crippen LogP contribution in [0.2, 0.25) is 0 Å². The first kappa shape index (κ1) is 17.6. The molecule has 1 aromatic carbocycles. The fraction of sp³-hybridized carbons (Fsp3) is 0.550. The first-order chi connectivity index (χ1) is 10.9. The van der Waals surface area contributed by atoms with E-state index < -0.39 is 0 Å². The molecule has 1 fully saturated rings. The lowest BCUT2D eigenvalue weighted by atomic mass is 9.90. The van der Waals surface area contributed by atoms with Crippen LogP contribution in [-0.4, -0.2) is 18.6 Å². The standard InChI is InChI=1S/C20H29NO2/c1-5-6-13-23-16-10-7-15(8-11-16)9-12-19(22)21-18-14-17(18)20(2,3)4/h7-12,17-18H,5-6,13-14H2,1-4H3,(H,21,22)/t17-,18+/m0/s1. The molecule has 0 aliphatic heterocycles. The predicted molar refractivity (Wildman–Crippen MR) is 95.4 cm³/mol. The minimum absolute atomic E-state index is 0.00924. The number of hydrogen-bond acceptors (Lipinski definition) is 2. The van der Waals surface area contributed by atoms with E-state index in [1.807, 2.05) is 30.3 Å². The van der Waals surface area contributed by atoms with E-state index in [0.717, 1.165) is 37.2 Å². The maximum Gasteiger partial charge on any atom is 0.244 e. The van der Waals surface area contributed by atoms with Gasteiger partial charge in [0, 0.05) is 12.1 Å². The molecule has 2 atom stereocenters. The third kappa shape index (κ3) is 5.74. The van der Waals surface area contributed by atoms with Crippen molar-refractivity contribution in [2.45, 2.75) is 53.0 Å². The van der Waals surface area contributed by atoms with E-state index in [0.29, 0.717) is 12.0 Å². The van der Waals surface area contributed by atoms with Crippen molar-refractivity contribution in [3.63, 3.8) is 0 Å². The van der Waals surface area contributed by atoms with E-state index in [9.17, 15) is 4.79 Å². The van der Waals surface area contributed by atoms with Crippen molar-refractivity contribution in [1.82, 2.24) is 5.32 Å². The fourth-order valence-electron chi connectivity index (χ4n) is 2.72. The minimum atomic E-state index is -0.00924. The lowest BCUT2D eigenvalue weighted by Crippen LogP contribution is -2.27. The Balaban J connectivity index is 1.78. The average molecular weight is 315 g/mol. The molecule has 1 aromatic rings. The van der Waals surface area contributed by atoms with Crippen molar-refractivity contribution in [3.05, 3.63) is 35.9 Å². The average Bonchev–Trinajstić information content (AvgIpc) is 3.26. The summed E-state index contributed by atoms with van der Waals surface area (Å²) >= 11 is 0. The van der Waals surface area contributed by atoms with Gasteiger partial charge in [0.15, 0.2) is 0 Å². The molecule has 126 valence electrons. The highest BCUT2D eigenvalue weighted by atomic mass is 16.5. The van der Waals surface area contributed by atoms with Gasteiger partial charge in [-0.3, -0.25) is 4.79 Å². The molecule has 3 nitrogen and oxygen atoms in total. The summed E-state index contributed by atoms with van der Waals surface area (Å²) in [5.41, 5.74) is 1.28. The van der Waals surface area contributed by atoms with Crippen molar-refractivity contribution >= 4 is 12.0 Å². The summed E-state index contributed by atoms with van der Waals surface area (Å²) < 4.78 is 5.63. The molecular formula is C20H29NO2. The largest absolute Gasteiger partial charge is 0.494 e. The Morgan fingerprint density at radius 1 is 1.30 bits per heavy atom. The number of amides is 1. The highest BCUT2D eigenvalue weighted by Crippen LogP contribution is 2.45. The number of carbonyl (C=O) groups is 1. The van der Waals surface area contributed by atoms with Crippen LogP contribution in [0.3, 0.4) is 0 Å². The molecule has 23 heavy (non-hydrogen) atoms. The van der Waals surface area contributed by atoms with Crippen molar-refractivity contribution in [1.29, 1.82) is 0 Å². The van der Waals surface area contributed by atoms with Gasteiger partial charge in [0.1, 0.15) is 5.75 Å². The van der Waals surface area contributed by atoms with E-state index in [-0.39, 0.29) is 11.3 Å². The van der Waals surface area contributed by atoms with Gasteiger partial charge < -0.3 is 10.1 Å².